The van der Waals surface area contributed by atoms with Crippen molar-refractivity contribution in [1.82, 2.24) is 4.90 Å². The number of rotatable bonds is 6. The summed E-state index contributed by atoms with van der Waals surface area (Å²) in [6.45, 7) is 1.65. The molecule has 0 spiro atoms. The molecule has 0 radical (unpaired) electrons. The van der Waals surface area contributed by atoms with Crippen LogP contribution in [0.1, 0.15) is 48.4 Å². The Morgan fingerprint density at radius 3 is 2.22 bits per heavy atom. The highest BCUT2D eigenvalue weighted by molar-refractivity contribution is 7.21. The molecule has 1 fully saturated rings. The normalized spacial score (nSPS) is 14.5. The summed E-state index contributed by atoms with van der Waals surface area (Å²) in [6.07, 6.45) is -9.84. The van der Waals surface area contributed by atoms with Gasteiger partial charge in [-0.2, -0.15) is 26.3 Å². The molecule has 0 saturated carbocycles. The van der Waals surface area contributed by atoms with Gasteiger partial charge in [-0.3, -0.25) is 14.4 Å². The van der Waals surface area contributed by atoms with Gasteiger partial charge in [0.15, 0.2) is 0 Å². The summed E-state index contributed by atoms with van der Waals surface area (Å²) >= 11 is 0.525. The minimum atomic E-state index is -5.09. The third-order valence-corrected chi connectivity index (χ3v) is 8.18. The Morgan fingerprint density at radius 2 is 1.61 bits per heavy atom. The number of thiophene rings is 1. The maximum Gasteiger partial charge on any atom is 0.419 e. The van der Waals surface area contributed by atoms with Gasteiger partial charge in [0.2, 0.25) is 0 Å². The van der Waals surface area contributed by atoms with Crippen LogP contribution >= 0.6 is 11.3 Å². The molecule has 1 saturated heterocycles. The predicted molar refractivity (Wildman–Crippen MR) is 154 cm³/mol. The van der Waals surface area contributed by atoms with Crippen LogP contribution in [0.25, 0.3) is 10.1 Å². The number of likely N-dealkylation sites (tertiary alicyclic amines) is 1. The number of aliphatic hydroxyl groups is 1. The van der Waals surface area contributed by atoms with Gasteiger partial charge in [0.25, 0.3) is 17.7 Å². The minimum absolute atomic E-state index is 0.000502. The molecular weight excluding hydrogens is 647 g/mol. The smallest absolute Gasteiger partial charge is 0.419 e. The van der Waals surface area contributed by atoms with Crippen molar-refractivity contribution < 1.29 is 55.0 Å². The number of nitrogens with zero attached hydrogens (tertiary/aromatic N) is 1. The lowest BCUT2D eigenvalue weighted by Gasteiger charge is -2.44. The van der Waals surface area contributed by atoms with Gasteiger partial charge in [-0.1, -0.05) is 6.07 Å². The molecule has 3 N–H and O–H groups in total. The molecule has 0 bridgehead atoms. The molecule has 242 valence electrons. The average Bonchev–Trinajstić information content (AvgIpc) is 3.32. The first-order chi connectivity index (χ1) is 21.4. The first-order valence-electron chi connectivity index (χ1n) is 13.2. The number of alkyl halides is 6. The van der Waals surface area contributed by atoms with Crippen molar-refractivity contribution in [2.45, 2.75) is 24.9 Å². The molecule has 5 rings (SSSR count). The second-order valence-corrected chi connectivity index (χ2v) is 11.7. The van der Waals surface area contributed by atoms with Crippen LogP contribution in [-0.4, -0.2) is 53.5 Å². The largest absolute Gasteiger partial charge is 0.496 e. The Labute approximate surface area is 259 Å². The zero-order valence-electron chi connectivity index (χ0n) is 23.7. The molecule has 1 aromatic heterocycles. The summed E-state index contributed by atoms with van der Waals surface area (Å²) in [5.41, 5.74) is -4.65. The molecule has 0 atom stereocenters. The van der Waals surface area contributed by atoms with E-state index in [1.165, 1.54) is 30.2 Å². The summed E-state index contributed by atoms with van der Waals surface area (Å²) < 4.78 is 99.0. The van der Waals surface area contributed by atoms with Crippen LogP contribution in [0.2, 0.25) is 0 Å². The lowest BCUT2D eigenvalue weighted by atomic mass is 9.95. The Bertz CT molecular complexity index is 1880. The SMILES string of the molecule is COc1ccc(C(=O)N2CC(C)(O)C2)cc1C(=O)Nc1c(C(=O)Nc2ccc(F)c(C(F)(F)F)c2)sc2cc(C(F)(F)F)ccc12. The van der Waals surface area contributed by atoms with Gasteiger partial charge in [0.1, 0.15) is 16.4 Å². The number of anilines is 2. The number of carbonyl (C=O) groups is 3. The van der Waals surface area contributed by atoms with Crippen LogP contribution in [0.15, 0.2) is 54.6 Å². The number of benzene rings is 3. The number of amides is 3. The second kappa shape index (κ2) is 11.6. The summed E-state index contributed by atoms with van der Waals surface area (Å²) in [7, 11) is 1.25. The Hall–Kier alpha value is -4.70. The molecule has 2 heterocycles. The number of β-amino-alcohol motifs (C(OH)–C–C–N with tert-alkyl or cyclic N) is 1. The van der Waals surface area contributed by atoms with Gasteiger partial charge in [0, 0.05) is 21.3 Å². The van der Waals surface area contributed by atoms with Crippen molar-refractivity contribution in [1.29, 1.82) is 0 Å². The van der Waals surface area contributed by atoms with Crippen LogP contribution < -0.4 is 15.4 Å². The van der Waals surface area contributed by atoms with Crippen molar-refractivity contribution in [2.75, 3.05) is 30.8 Å². The van der Waals surface area contributed by atoms with E-state index >= 15 is 0 Å². The monoisotopic (exact) mass is 669 g/mol. The third kappa shape index (κ3) is 6.48. The Kier molecular flexibility index (Phi) is 8.23. The number of carbonyl (C=O) groups excluding carboxylic acids is 3. The zero-order valence-corrected chi connectivity index (χ0v) is 24.5. The molecule has 1 aliphatic heterocycles. The number of halogens is 7. The van der Waals surface area contributed by atoms with E-state index < -0.39 is 58.3 Å². The quantitative estimate of drug-likeness (QED) is 0.196. The molecular formula is C30H22F7N3O5S. The van der Waals surface area contributed by atoms with Crippen LogP contribution in [0.4, 0.5) is 42.1 Å². The van der Waals surface area contributed by atoms with E-state index in [-0.39, 0.29) is 50.6 Å². The molecule has 1 aliphatic rings. The van der Waals surface area contributed by atoms with Crippen molar-refractivity contribution in [3.05, 3.63) is 87.5 Å². The van der Waals surface area contributed by atoms with E-state index in [4.69, 9.17) is 4.74 Å². The van der Waals surface area contributed by atoms with Crippen molar-refractivity contribution >= 4 is 50.5 Å². The van der Waals surface area contributed by atoms with E-state index in [1.807, 2.05) is 0 Å². The number of hydrogen-bond acceptors (Lipinski definition) is 6. The summed E-state index contributed by atoms with van der Waals surface area (Å²) in [5.74, 6) is -4.13. The highest BCUT2D eigenvalue weighted by atomic mass is 32.1. The van der Waals surface area contributed by atoms with E-state index in [9.17, 15) is 50.2 Å². The van der Waals surface area contributed by atoms with Gasteiger partial charge >= 0.3 is 12.4 Å². The number of methoxy groups -OCH3 is 1. The van der Waals surface area contributed by atoms with Gasteiger partial charge in [-0.15, -0.1) is 11.3 Å². The Morgan fingerprint density at radius 1 is 0.913 bits per heavy atom. The first-order valence-corrected chi connectivity index (χ1v) is 14.0. The molecule has 3 aromatic carbocycles. The van der Waals surface area contributed by atoms with E-state index in [2.05, 4.69) is 10.6 Å². The maximum absolute atomic E-state index is 13.8. The average molecular weight is 670 g/mol. The summed E-state index contributed by atoms with van der Waals surface area (Å²) in [6, 6.07) is 8.12. The first kappa shape index (κ1) is 32.7. The van der Waals surface area contributed by atoms with Crippen LogP contribution in [0.3, 0.4) is 0 Å². The van der Waals surface area contributed by atoms with Crippen LogP contribution in [-0.2, 0) is 12.4 Å². The van der Waals surface area contributed by atoms with E-state index in [0.717, 1.165) is 24.3 Å². The van der Waals surface area contributed by atoms with Gasteiger partial charge in [0.05, 0.1) is 48.2 Å². The van der Waals surface area contributed by atoms with E-state index in [0.29, 0.717) is 23.5 Å². The summed E-state index contributed by atoms with van der Waals surface area (Å²) in [5, 5.41) is 14.6. The van der Waals surface area contributed by atoms with Gasteiger partial charge in [-0.05, 0) is 55.5 Å². The molecule has 16 heteroatoms. The highest BCUT2D eigenvalue weighted by Crippen LogP contribution is 2.41. The highest BCUT2D eigenvalue weighted by Gasteiger charge is 2.40. The fraction of sp³-hybridized carbons (Fsp3) is 0.233. The minimum Gasteiger partial charge on any atom is -0.496 e. The van der Waals surface area contributed by atoms with Crippen LogP contribution in [0, 0.1) is 5.82 Å². The lowest BCUT2D eigenvalue weighted by molar-refractivity contribution is -0.140. The Balaban J connectivity index is 1.53. The standard InChI is InChI=1S/C30H22F7N3O5S/c1-28(44)12-40(13-28)27(43)14-3-8-21(45-2)18(9-14)25(41)39-23-17-6-4-15(29(32,33)34)10-22(17)46-24(23)26(42)38-16-5-7-20(31)19(11-16)30(35,36)37/h3-11,44H,12-13H2,1-2H3,(H,38,42)(H,39,41). The van der Waals surface area contributed by atoms with Gasteiger partial charge in [-0.25, -0.2) is 4.39 Å². The van der Waals surface area contributed by atoms with Gasteiger partial charge < -0.3 is 25.4 Å². The van der Waals surface area contributed by atoms with Crippen molar-refractivity contribution in [3.8, 4) is 5.75 Å². The molecule has 4 aromatic rings. The second-order valence-electron chi connectivity index (χ2n) is 10.7. The fourth-order valence-electron chi connectivity index (χ4n) is 4.87. The number of ether oxygens (including phenoxy) is 1. The van der Waals surface area contributed by atoms with Crippen molar-refractivity contribution in [3.63, 3.8) is 0 Å². The molecule has 46 heavy (non-hydrogen) atoms. The van der Waals surface area contributed by atoms with E-state index in [1.54, 1.807) is 6.92 Å². The number of hydrogen-bond donors (Lipinski definition) is 3. The molecule has 8 nitrogen and oxygen atoms in total. The summed E-state index contributed by atoms with van der Waals surface area (Å²) in [4.78, 5) is 40.8. The fourth-order valence-corrected chi connectivity index (χ4v) is 5.96. The maximum atomic E-state index is 13.8. The third-order valence-electron chi connectivity index (χ3n) is 7.03. The number of nitrogens with one attached hydrogen (secondary N) is 2. The topological polar surface area (TPSA) is 108 Å². The lowest BCUT2D eigenvalue weighted by Crippen LogP contribution is -2.61. The number of fused-ring (bicyclic) bond motifs is 1. The molecule has 0 unspecified atom stereocenters. The predicted octanol–water partition coefficient (Wildman–Crippen LogP) is 6.80. The van der Waals surface area contributed by atoms with Crippen LogP contribution in [0.5, 0.6) is 5.75 Å². The molecule has 3 amide bonds. The van der Waals surface area contributed by atoms with Crippen molar-refractivity contribution in [2.24, 2.45) is 0 Å². The zero-order chi connectivity index (χ0) is 33.8. The molecule has 0 aliphatic carbocycles.